The van der Waals surface area contributed by atoms with E-state index in [1.807, 2.05) is 30.3 Å². The highest BCUT2D eigenvalue weighted by Crippen LogP contribution is 2.13. The zero-order chi connectivity index (χ0) is 10.9. The first-order chi connectivity index (χ1) is 7.36. The fourth-order valence-corrected chi connectivity index (χ4v) is 1.17. The Kier molecular flexibility index (Phi) is 4.77. The van der Waals surface area contributed by atoms with Crippen molar-refractivity contribution in [3.8, 4) is 17.9 Å². The summed E-state index contributed by atoms with van der Waals surface area (Å²) >= 11 is 0. The molecule has 1 aromatic rings. The van der Waals surface area contributed by atoms with Crippen LogP contribution < -0.4 is 4.74 Å². The molecule has 0 unspecified atom stereocenters. The smallest absolute Gasteiger partial charge is 0.119 e. The summed E-state index contributed by atoms with van der Waals surface area (Å²) in [6.45, 7) is 0.425. The molecule has 3 nitrogen and oxygen atoms in total. The van der Waals surface area contributed by atoms with E-state index >= 15 is 0 Å². The number of aryl methyl sites for hydroxylation is 1. The Morgan fingerprint density at radius 3 is 2.27 bits per heavy atom. The maximum Gasteiger partial charge on any atom is 0.119 e. The molecule has 15 heavy (non-hydrogen) atoms. The minimum Gasteiger partial charge on any atom is -0.493 e. The first-order valence-corrected chi connectivity index (χ1v) is 4.82. The zero-order valence-electron chi connectivity index (χ0n) is 8.44. The number of hydrogen-bond donors (Lipinski definition) is 0. The van der Waals surface area contributed by atoms with Gasteiger partial charge in [-0.2, -0.15) is 10.5 Å². The Bertz CT molecular complexity index is 370. The summed E-state index contributed by atoms with van der Waals surface area (Å²) in [4.78, 5) is 0. The van der Waals surface area contributed by atoms with Crippen molar-refractivity contribution in [1.29, 1.82) is 10.5 Å². The molecule has 0 aliphatic carbocycles. The summed E-state index contributed by atoms with van der Waals surface area (Å²) in [5, 5.41) is 16.7. The van der Waals surface area contributed by atoms with Crippen LogP contribution in [-0.4, -0.2) is 6.61 Å². The van der Waals surface area contributed by atoms with Crippen molar-refractivity contribution in [2.75, 3.05) is 6.61 Å². The maximum atomic E-state index is 8.42. The Labute approximate surface area is 89.5 Å². The van der Waals surface area contributed by atoms with Crippen molar-refractivity contribution in [3.63, 3.8) is 0 Å². The highest BCUT2D eigenvalue weighted by atomic mass is 16.5. The van der Waals surface area contributed by atoms with Gasteiger partial charge in [0.15, 0.2) is 0 Å². The van der Waals surface area contributed by atoms with E-state index in [1.165, 1.54) is 0 Å². The quantitative estimate of drug-likeness (QED) is 0.686. The molecule has 0 amide bonds. The number of rotatable bonds is 5. The third-order valence-electron chi connectivity index (χ3n) is 1.93. The average Bonchev–Trinajstić information content (AvgIpc) is 2.28. The largest absolute Gasteiger partial charge is 0.493 e. The van der Waals surface area contributed by atoms with Gasteiger partial charge in [-0.3, -0.25) is 0 Å². The van der Waals surface area contributed by atoms with E-state index in [9.17, 15) is 0 Å². The predicted molar refractivity (Wildman–Crippen MR) is 56.1 cm³/mol. The van der Waals surface area contributed by atoms with Gasteiger partial charge in [-0.1, -0.05) is 12.1 Å². The molecule has 0 spiro atoms. The Hall–Kier alpha value is -2.00. The summed E-state index contributed by atoms with van der Waals surface area (Å²) in [6.07, 6.45) is 1.71. The minimum absolute atomic E-state index is 0.399. The second-order valence-electron chi connectivity index (χ2n) is 3.06. The number of ether oxygens (including phenoxy) is 1. The highest BCUT2D eigenvalue weighted by Gasteiger charge is 1.95. The molecule has 0 saturated heterocycles. The van der Waals surface area contributed by atoms with Crippen molar-refractivity contribution in [1.82, 2.24) is 0 Å². The van der Waals surface area contributed by atoms with Gasteiger partial charge in [-0.25, -0.2) is 0 Å². The SMILES string of the molecule is N#CCCOc1ccc(CCC#N)cc1. The molecule has 0 radical (unpaired) electrons. The topological polar surface area (TPSA) is 56.8 Å². The lowest BCUT2D eigenvalue weighted by Gasteiger charge is -2.04. The van der Waals surface area contributed by atoms with Gasteiger partial charge in [-0.05, 0) is 24.1 Å². The fourth-order valence-electron chi connectivity index (χ4n) is 1.17. The summed E-state index contributed by atoms with van der Waals surface area (Å²) in [5.41, 5.74) is 1.13. The second-order valence-corrected chi connectivity index (χ2v) is 3.06. The Morgan fingerprint density at radius 2 is 1.67 bits per heavy atom. The van der Waals surface area contributed by atoms with Gasteiger partial charge in [0.2, 0.25) is 0 Å². The van der Waals surface area contributed by atoms with Gasteiger partial charge in [-0.15, -0.1) is 0 Å². The Morgan fingerprint density at radius 1 is 1.00 bits per heavy atom. The predicted octanol–water partition coefficient (Wildman–Crippen LogP) is 2.44. The molecule has 1 rings (SSSR count). The molecule has 0 aromatic heterocycles. The molecule has 76 valence electrons. The summed E-state index contributed by atoms with van der Waals surface area (Å²) in [7, 11) is 0. The molecule has 0 atom stereocenters. The lowest BCUT2D eigenvalue weighted by atomic mass is 10.1. The molecule has 0 fully saturated rings. The number of benzene rings is 1. The molecule has 0 bridgehead atoms. The fraction of sp³-hybridized carbons (Fsp3) is 0.333. The summed E-state index contributed by atoms with van der Waals surface area (Å²) < 4.78 is 5.32. The lowest BCUT2D eigenvalue weighted by Crippen LogP contribution is -1.95. The van der Waals surface area contributed by atoms with Gasteiger partial charge in [0.05, 0.1) is 18.6 Å². The van der Waals surface area contributed by atoms with Gasteiger partial charge in [0.25, 0.3) is 0 Å². The standard InChI is InChI=1S/C12H12N2O/c13-8-1-3-11-4-6-12(7-5-11)15-10-2-9-14/h4-7H,1-3,10H2. The van der Waals surface area contributed by atoms with E-state index in [1.54, 1.807) is 0 Å². The van der Waals surface area contributed by atoms with Crippen LogP contribution in [0, 0.1) is 22.7 Å². The lowest BCUT2D eigenvalue weighted by molar-refractivity contribution is 0.326. The molecule has 0 aliphatic heterocycles. The van der Waals surface area contributed by atoms with E-state index in [0.717, 1.165) is 17.7 Å². The van der Waals surface area contributed by atoms with Crippen molar-refractivity contribution in [2.45, 2.75) is 19.3 Å². The molecule has 0 saturated carbocycles. The maximum absolute atomic E-state index is 8.42. The van der Waals surface area contributed by atoms with Gasteiger partial charge in [0, 0.05) is 6.42 Å². The van der Waals surface area contributed by atoms with E-state index in [-0.39, 0.29) is 0 Å². The van der Waals surface area contributed by atoms with Crippen molar-refractivity contribution < 1.29 is 4.74 Å². The number of hydrogen-bond acceptors (Lipinski definition) is 3. The van der Waals surface area contributed by atoms with Crippen molar-refractivity contribution >= 4 is 0 Å². The van der Waals surface area contributed by atoms with Crippen LogP contribution in [0.5, 0.6) is 5.75 Å². The van der Waals surface area contributed by atoms with Gasteiger partial charge in [0.1, 0.15) is 12.4 Å². The minimum atomic E-state index is 0.399. The molecular formula is C12H12N2O. The first kappa shape index (κ1) is 11.1. The van der Waals surface area contributed by atoms with E-state index in [4.69, 9.17) is 15.3 Å². The highest BCUT2D eigenvalue weighted by molar-refractivity contribution is 5.27. The van der Waals surface area contributed by atoms with Crippen LogP contribution in [-0.2, 0) is 6.42 Å². The monoisotopic (exact) mass is 200 g/mol. The van der Waals surface area contributed by atoms with Crippen LogP contribution in [0.4, 0.5) is 0 Å². The van der Waals surface area contributed by atoms with Gasteiger partial charge < -0.3 is 4.74 Å². The molecule has 3 heteroatoms. The van der Waals surface area contributed by atoms with E-state index in [2.05, 4.69) is 6.07 Å². The van der Waals surface area contributed by atoms with E-state index < -0.39 is 0 Å². The van der Waals surface area contributed by atoms with Crippen LogP contribution >= 0.6 is 0 Å². The molecule has 0 heterocycles. The Balaban J connectivity index is 2.43. The number of nitrogens with zero attached hydrogens (tertiary/aromatic N) is 2. The van der Waals surface area contributed by atoms with E-state index in [0.29, 0.717) is 19.4 Å². The number of nitriles is 2. The van der Waals surface area contributed by atoms with Crippen LogP contribution in [0.1, 0.15) is 18.4 Å². The molecular weight excluding hydrogens is 188 g/mol. The van der Waals surface area contributed by atoms with Crippen LogP contribution in [0.2, 0.25) is 0 Å². The second kappa shape index (κ2) is 6.45. The van der Waals surface area contributed by atoms with Crippen LogP contribution in [0.15, 0.2) is 24.3 Å². The average molecular weight is 200 g/mol. The third-order valence-corrected chi connectivity index (χ3v) is 1.93. The molecule has 1 aromatic carbocycles. The van der Waals surface area contributed by atoms with Crippen LogP contribution in [0.3, 0.4) is 0 Å². The van der Waals surface area contributed by atoms with Crippen LogP contribution in [0.25, 0.3) is 0 Å². The van der Waals surface area contributed by atoms with Crippen molar-refractivity contribution in [3.05, 3.63) is 29.8 Å². The van der Waals surface area contributed by atoms with Gasteiger partial charge >= 0.3 is 0 Å². The third kappa shape index (κ3) is 4.15. The first-order valence-electron chi connectivity index (χ1n) is 4.82. The molecule has 0 N–H and O–H groups in total. The normalized spacial score (nSPS) is 8.93. The summed E-state index contributed by atoms with van der Waals surface area (Å²) in [5.74, 6) is 0.769. The summed E-state index contributed by atoms with van der Waals surface area (Å²) in [6, 6.07) is 11.7. The zero-order valence-corrected chi connectivity index (χ0v) is 8.44. The van der Waals surface area contributed by atoms with Crippen molar-refractivity contribution in [2.24, 2.45) is 0 Å². The molecule has 0 aliphatic rings.